The molecule has 3 unspecified atom stereocenters. The Morgan fingerprint density at radius 1 is 1.42 bits per heavy atom. The van der Waals surface area contributed by atoms with E-state index in [4.69, 9.17) is 16.7 Å². The van der Waals surface area contributed by atoms with Gasteiger partial charge in [-0.05, 0) is 37.1 Å². The van der Waals surface area contributed by atoms with E-state index in [1.165, 1.54) is 51.0 Å². The van der Waals surface area contributed by atoms with Gasteiger partial charge < -0.3 is 9.83 Å². The number of hydrogen-bond acceptors (Lipinski definition) is 4. The molecule has 0 bridgehead atoms. The quantitative estimate of drug-likeness (QED) is 0.344. The third-order valence-corrected chi connectivity index (χ3v) is 7.70. The molecule has 2 N–H and O–H groups in total. The maximum atomic E-state index is 12.6. The molecule has 2 rings (SSSR count). The molecule has 0 aromatic heterocycles. The summed E-state index contributed by atoms with van der Waals surface area (Å²) < 4.78 is 42.2. The summed E-state index contributed by atoms with van der Waals surface area (Å²) >= 11 is 9.53. The highest BCUT2D eigenvalue weighted by Gasteiger charge is 2.35. The zero-order valence-electron chi connectivity index (χ0n) is 14.9. The number of hydrogen-bond donors (Lipinski definition) is 2. The Labute approximate surface area is 167 Å². The smallest absolute Gasteiger partial charge is 0.391 e. The summed E-state index contributed by atoms with van der Waals surface area (Å²) in [6, 6.07) is 0. The molecule has 3 atom stereocenters. The predicted molar refractivity (Wildman–Crippen MR) is 106 cm³/mol. The van der Waals surface area contributed by atoms with E-state index in [1.807, 2.05) is 0 Å². The van der Waals surface area contributed by atoms with Crippen LogP contribution >= 0.6 is 35.3 Å². The maximum Gasteiger partial charge on any atom is 0.391 e. The second-order valence-corrected chi connectivity index (χ2v) is 10.0. The van der Waals surface area contributed by atoms with Crippen molar-refractivity contribution in [3.05, 3.63) is 22.1 Å². The third-order valence-electron chi connectivity index (χ3n) is 4.99. The van der Waals surface area contributed by atoms with Gasteiger partial charge in [-0.3, -0.25) is 0 Å². The molecule has 0 amide bonds. The summed E-state index contributed by atoms with van der Waals surface area (Å²) in [5, 5.41) is 9.15. The summed E-state index contributed by atoms with van der Waals surface area (Å²) in [6.45, 7) is 1.07. The van der Waals surface area contributed by atoms with Gasteiger partial charge in [-0.25, -0.2) is 0 Å². The van der Waals surface area contributed by atoms with Gasteiger partial charge in [-0.2, -0.15) is 13.2 Å². The SMILES string of the molecule is CC(C/C=C(\CCO)NSC1=CC(C2CCCCC2)C(Cl)S1)C(F)(F)F. The van der Waals surface area contributed by atoms with Crippen molar-refractivity contribution in [3.8, 4) is 0 Å². The van der Waals surface area contributed by atoms with E-state index >= 15 is 0 Å². The van der Waals surface area contributed by atoms with Gasteiger partial charge in [0.2, 0.25) is 0 Å². The molecule has 1 heterocycles. The molecule has 0 aromatic carbocycles. The number of halogens is 4. The van der Waals surface area contributed by atoms with E-state index in [0.717, 1.165) is 4.24 Å². The van der Waals surface area contributed by atoms with Crippen LogP contribution in [0.4, 0.5) is 13.2 Å². The van der Waals surface area contributed by atoms with Crippen molar-refractivity contribution in [1.29, 1.82) is 0 Å². The molecule has 8 heteroatoms. The number of alkyl halides is 4. The fraction of sp³-hybridized carbons (Fsp3) is 0.778. The highest BCUT2D eigenvalue weighted by Crippen LogP contribution is 2.49. The van der Waals surface area contributed by atoms with E-state index < -0.39 is 12.1 Å². The van der Waals surface area contributed by atoms with Gasteiger partial charge in [-0.1, -0.05) is 50.1 Å². The standard InChI is InChI=1S/C18H27ClF3NOS2/c1-12(18(20,21)22)7-8-14(9-10-24)23-26-16-11-15(17(19)25-16)13-5-3-2-4-6-13/h8,11-13,15,17,23-24H,2-7,9-10H2,1H3/b14-8+. The second-order valence-electron chi connectivity index (χ2n) is 7.02. The number of thioether (sulfide) groups is 1. The summed E-state index contributed by atoms with van der Waals surface area (Å²) in [5.41, 5.74) is 0.627. The number of aliphatic hydroxyl groups is 1. The molecule has 2 aliphatic rings. The highest BCUT2D eigenvalue weighted by atomic mass is 35.5. The lowest BCUT2D eigenvalue weighted by atomic mass is 9.81. The summed E-state index contributed by atoms with van der Waals surface area (Å²) in [7, 11) is 0. The van der Waals surface area contributed by atoms with Crippen LogP contribution in [0.2, 0.25) is 0 Å². The van der Waals surface area contributed by atoms with Gasteiger partial charge in [0, 0.05) is 24.6 Å². The van der Waals surface area contributed by atoms with Crippen molar-refractivity contribution in [1.82, 2.24) is 4.72 Å². The van der Waals surface area contributed by atoms with Gasteiger partial charge >= 0.3 is 6.18 Å². The largest absolute Gasteiger partial charge is 0.396 e. The zero-order chi connectivity index (χ0) is 19.2. The highest BCUT2D eigenvalue weighted by molar-refractivity contribution is 8.22. The Morgan fingerprint density at radius 2 is 2.12 bits per heavy atom. The van der Waals surface area contributed by atoms with E-state index in [-0.39, 0.29) is 17.7 Å². The molecule has 2 nitrogen and oxygen atoms in total. The normalized spacial score (nSPS) is 26.7. The molecule has 0 radical (unpaired) electrons. The molecule has 0 spiro atoms. The van der Waals surface area contributed by atoms with Crippen LogP contribution in [0.5, 0.6) is 0 Å². The number of allylic oxidation sites excluding steroid dienone is 2. The summed E-state index contributed by atoms with van der Waals surface area (Å²) in [4.78, 5) is 0. The van der Waals surface area contributed by atoms with E-state index in [0.29, 0.717) is 24.0 Å². The average molecular weight is 430 g/mol. The van der Waals surface area contributed by atoms with Crippen LogP contribution in [-0.2, 0) is 0 Å². The Morgan fingerprint density at radius 3 is 2.73 bits per heavy atom. The number of nitrogens with one attached hydrogen (secondary N) is 1. The Balaban J connectivity index is 1.89. The van der Waals surface area contributed by atoms with Crippen LogP contribution in [0, 0.1) is 17.8 Å². The van der Waals surface area contributed by atoms with Crippen LogP contribution in [0.15, 0.2) is 22.1 Å². The Kier molecular flexibility index (Phi) is 9.04. The van der Waals surface area contributed by atoms with Crippen molar-refractivity contribution in [2.75, 3.05) is 6.61 Å². The molecule has 1 fully saturated rings. The van der Waals surface area contributed by atoms with Crippen molar-refractivity contribution in [2.45, 2.75) is 62.8 Å². The van der Waals surface area contributed by atoms with Crippen LogP contribution in [0.25, 0.3) is 0 Å². The van der Waals surface area contributed by atoms with E-state index in [2.05, 4.69) is 10.8 Å². The molecule has 0 aromatic rings. The molecule has 1 aliphatic heterocycles. The molecule has 1 saturated carbocycles. The van der Waals surface area contributed by atoms with Crippen LogP contribution in [0.1, 0.15) is 51.9 Å². The van der Waals surface area contributed by atoms with Crippen LogP contribution in [-0.4, -0.2) is 22.6 Å². The fourth-order valence-corrected chi connectivity index (χ4v) is 6.18. The minimum absolute atomic E-state index is 0.0259. The Hall–Kier alpha value is 0.0200. The van der Waals surface area contributed by atoms with Gasteiger partial charge in [-0.15, -0.1) is 11.6 Å². The van der Waals surface area contributed by atoms with E-state index in [1.54, 1.807) is 17.8 Å². The molecule has 150 valence electrons. The number of aliphatic hydroxyl groups excluding tert-OH is 1. The van der Waals surface area contributed by atoms with Gasteiger partial charge in [0.05, 0.1) is 14.9 Å². The molecule has 1 aliphatic carbocycles. The van der Waals surface area contributed by atoms with Gasteiger partial charge in [0.15, 0.2) is 0 Å². The van der Waals surface area contributed by atoms with Crippen molar-refractivity contribution in [3.63, 3.8) is 0 Å². The number of rotatable bonds is 8. The summed E-state index contributed by atoms with van der Waals surface area (Å²) in [5.74, 6) is -0.398. The monoisotopic (exact) mass is 429 g/mol. The lowest BCUT2D eigenvalue weighted by Gasteiger charge is -2.27. The van der Waals surface area contributed by atoms with Crippen LogP contribution < -0.4 is 4.72 Å². The molecule has 0 saturated heterocycles. The lowest BCUT2D eigenvalue weighted by Crippen LogP contribution is -2.20. The minimum atomic E-state index is -4.20. The van der Waals surface area contributed by atoms with Crippen molar-refractivity contribution in [2.24, 2.45) is 17.8 Å². The second kappa shape index (κ2) is 10.5. The summed E-state index contributed by atoms with van der Waals surface area (Å²) in [6.07, 6.45) is 6.06. The predicted octanol–water partition coefficient (Wildman–Crippen LogP) is 6.43. The first-order valence-electron chi connectivity index (χ1n) is 9.13. The topological polar surface area (TPSA) is 32.3 Å². The first kappa shape index (κ1) is 22.3. The maximum absolute atomic E-state index is 12.6. The fourth-order valence-electron chi connectivity index (χ4n) is 3.27. The zero-order valence-corrected chi connectivity index (χ0v) is 17.3. The third kappa shape index (κ3) is 6.88. The first-order chi connectivity index (χ1) is 12.3. The van der Waals surface area contributed by atoms with Crippen LogP contribution in [0.3, 0.4) is 0 Å². The molecule has 26 heavy (non-hydrogen) atoms. The lowest BCUT2D eigenvalue weighted by molar-refractivity contribution is -0.168. The molecular weight excluding hydrogens is 403 g/mol. The minimum Gasteiger partial charge on any atom is -0.396 e. The van der Waals surface area contributed by atoms with Gasteiger partial charge in [0.1, 0.15) is 0 Å². The Bertz CT molecular complexity index is 507. The first-order valence-corrected chi connectivity index (χ1v) is 11.3. The molecular formula is C18H27ClF3NOS2. The van der Waals surface area contributed by atoms with Crippen molar-refractivity contribution >= 4 is 35.3 Å². The van der Waals surface area contributed by atoms with E-state index in [9.17, 15) is 13.2 Å². The van der Waals surface area contributed by atoms with Crippen molar-refractivity contribution < 1.29 is 18.3 Å². The van der Waals surface area contributed by atoms with Gasteiger partial charge in [0.25, 0.3) is 0 Å². The average Bonchev–Trinajstić information content (AvgIpc) is 2.97.